The molecule has 0 amide bonds. The summed E-state index contributed by atoms with van der Waals surface area (Å²) < 4.78 is 0. The SMILES string of the molecule is CC.CNCC(=O)C1CCC(C)CC1. The smallest absolute Gasteiger partial charge is 0.149 e. The minimum atomic E-state index is 0.355. The van der Waals surface area contributed by atoms with Gasteiger partial charge in [0.2, 0.25) is 0 Å². The highest BCUT2D eigenvalue weighted by Gasteiger charge is 2.23. The molecule has 14 heavy (non-hydrogen) atoms. The highest BCUT2D eigenvalue weighted by atomic mass is 16.1. The third kappa shape index (κ3) is 4.75. The van der Waals surface area contributed by atoms with Crippen LogP contribution in [0.15, 0.2) is 0 Å². The molecule has 1 aliphatic rings. The molecule has 0 heterocycles. The first-order valence-electron chi connectivity index (χ1n) is 5.91. The molecule has 1 fully saturated rings. The van der Waals surface area contributed by atoms with Gasteiger partial charge < -0.3 is 5.32 Å². The molecule has 0 bridgehead atoms. The van der Waals surface area contributed by atoms with Gasteiger partial charge in [-0.05, 0) is 25.8 Å². The van der Waals surface area contributed by atoms with Crippen molar-refractivity contribution < 1.29 is 4.79 Å². The van der Waals surface area contributed by atoms with Gasteiger partial charge in [-0.3, -0.25) is 4.79 Å². The molecule has 1 aliphatic carbocycles. The predicted molar refractivity (Wildman–Crippen MR) is 61.4 cm³/mol. The van der Waals surface area contributed by atoms with E-state index < -0.39 is 0 Å². The first-order chi connectivity index (χ1) is 6.74. The Labute approximate surface area is 88.5 Å². The van der Waals surface area contributed by atoms with E-state index in [2.05, 4.69) is 12.2 Å². The van der Waals surface area contributed by atoms with Gasteiger partial charge in [0.25, 0.3) is 0 Å². The normalized spacial score (nSPS) is 26.3. The van der Waals surface area contributed by atoms with Crippen LogP contribution in [0.3, 0.4) is 0 Å². The molecular weight excluding hydrogens is 174 g/mol. The van der Waals surface area contributed by atoms with Crippen molar-refractivity contribution in [2.75, 3.05) is 13.6 Å². The zero-order chi connectivity index (χ0) is 11.0. The maximum Gasteiger partial charge on any atom is 0.149 e. The van der Waals surface area contributed by atoms with E-state index in [-0.39, 0.29) is 0 Å². The van der Waals surface area contributed by atoms with E-state index in [9.17, 15) is 4.79 Å². The van der Waals surface area contributed by atoms with Crippen molar-refractivity contribution in [2.24, 2.45) is 11.8 Å². The standard InChI is InChI=1S/C10H19NO.C2H6/c1-8-3-5-9(6-4-8)10(12)7-11-2;1-2/h8-9,11H,3-7H2,1-2H3;1-2H3. The van der Waals surface area contributed by atoms with Crippen LogP contribution in [0.2, 0.25) is 0 Å². The van der Waals surface area contributed by atoms with E-state index in [0.29, 0.717) is 18.2 Å². The third-order valence-corrected chi connectivity index (χ3v) is 2.82. The molecule has 2 nitrogen and oxygen atoms in total. The van der Waals surface area contributed by atoms with Crippen molar-refractivity contribution in [1.82, 2.24) is 5.32 Å². The summed E-state index contributed by atoms with van der Waals surface area (Å²) >= 11 is 0. The number of hydrogen-bond donors (Lipinski definition) is 1. The lowest BCUT2D eigenvalue weighted by atomic mass is 9.81. The minimum absolute atomic E-state index is 0.355. The van der Waals surface area contributed by atoms with Gasteiger partial charge in [0.1, 0.15) is 5.78 Å². The van der Waals surface area contributed by atoms with Crippen molar-refractivity contribution in [3.05, 3.63) is 0 Å². The second-order valence-corrected chi connectivity index (χ2v) is 3.95. The third-order valence-electron chi connectivity index (χ3n) is 2.82. The molecule has 0 aromatic heterocycles. The van der Waals surface area contributed by atoms with Gasteiger partial charge in [-0.25, -0.2) is 0 Å². The molecule has 1 saturated carbocycles. The van der Waals surface area contributed by atoms with E-state index in [1.807, 2.05) is 20.9 Å². The zero-order valence-corrected chi connectivity index (χ0v) is 10.1. The van der Waals surface area contributed by atoms with Crippen molar-refractivity contribution in [1.29, 1.82) is 0 Å². The molecule has 1 rings (SSSR count). The number of likely N-dealkylation sites (N-methyl/N-ethyl adjacent to an activating group) is 1. The van der Waals surface area contributed by atoms with Gasteiger partial charge in [0, 0.05) is 5.92 Å². The largest absolute Gasteiger partial charge is 0.313 e. The molecule has 2 heteroatoms. The van der Waals surface area contributed by atoms with Crippen LogP contribution < -0.4 is 5.32 Å². The fraction of sp³-hybridized carbons (Fsp3) is 0.917. The molecule has 0 aromatic carbocycles. The summed E-state index contributed by atoms with van der Waals surface area (Å²) in [5.74, 6) is 1.60. The van der Waals surface area contributed by atoms with Gasteiger partial charge in [-0.1, -0.05) is 33.6 Å². The number of nitrogens with one attached hydrogen (secondary N) is 1. The Kier molecular flexibility index (Phi) is 7.77. The Balaban J connectivity index is 0.000000791. The van der Waals surface area contributed by atoms with Crippen LogP contribution in [-0.2, 0) is 4.79 Å². The lowest BCUT2D eigenvalue weighted by Gasteiger charge is -2.24. The van der Waals surface area contributed by atoms with Crippen molar-refractivity contribution in [2.45, 2.75) is 46.5 Å². The molecule has 0 unspecified atom stereocenters. The molecule has 1 N–H and O–H groups in total. The number of carbonyl (C=O) groups is 1. The summed E-state index contributed by atoms with van der Waals surface area (Å²) in [5, 5.41) is 2.93. The summed E-state index contributed by atoms with van der Waals surface area (Å²) in [6.07, 6.45) is 4.70. The average Bonchev–Trinajstić information content (AvgIpc) is 2.22. The molecule has 0 aromatic rings. The highest BCUT2D eigenvalue weighted by molar-refractivity contribution is 5.82. The van der Waals surface area contributed by atoms with Crippen molar-refractivity contribution in [3.8, 4) is 0 Å². The lowest BCUT2D eigenvalue weighted by molar-refractivity contribution is -0.123. The van der Waals surface area contributed by atoms with Gasteiger partial charge in [-0.15, -0.1) is 0 Å². The van der Waals surface area contributed by atoms with Gasteiger partial charge in [-0.2, -0.15) is 0 Å². The van der Waals surface area contributed by atoms with E-state index in [4.69, 9.17) is 0 Å². The van der Waals surface area contributed by atoms with E-state index in [1.54, 1.807) is 0 Å². The molecule has 0 aliphatic heterocycles. The fourth-order valence-electron chi connectivity index (χ4n) is 1.90. The Morgan fingerprint density at radius 3 is 2.14 bits per heavy atom. The Morgan fingerprint density at radius 2 is 1.71 bits per heavy atom. The highest BCUT2D eigenvalue weighted by Crippen LogP contribution is 2.28. The summed E-state index contributed by atoms with van der Waals surface area (Å²) in [6.45, 7) is 6.83. The Hall–Kier alpha value is -0.370. The van der Waals surface area contributed by atoms with Gasteiger partial charge in [0.15, 0.2) is 0 Å². The maximum atomic E-state index is 11.4. The summed E-state index contributed by atoms with van der Waals surface area (Å²) in [6, 6.07) is 0. The monoisotopic (exact) mass is 199 g/mol. The van der Waals surface area contributed by atoms with E-state index in [1.165, 1.54) is 12.8 Å². The van der Waals surface area contributed by atoms with Crippen LogP contribution >= 0.6 is 0 Å². The van der Waals surface area contributed by atoms with Crippen LogP contribution in [0.25, 0.3) is 0 Å². The van der Waals surface area contributed by atoms with E-state index >= 15 is 0 Å². The van der Waals surface area contributed by atoms with Crippen LogP contribution in [0, 0.1) is 11.8 Å². The molecule has 84 valence electrons. The number of Topliss-reactive ketones (excluding diaryl/α,β-unsaturated/α-hetero) is 1. The lowest BCUT2D eigenvalue weighted by Crippen LogP contribution is -2.28. The summed E-state index contributed by atoms with van der Waals surface area (Å²) in [4.78, 5) is 11.4. The Bertz CT molecular complexity index is 148. The summed E-state index contributed by atoms with van der Waals surface area (Å²) in [5.41, 5.74) is 0. The quantitative estimate of drug-likeness (QED) is 0.757. The molecule has 0 spiro atoms. The number of ketones is 1. The molecule has 0 saturated heterocycles. The van der Waals surface area contributed by atoms with Crippen LogP contribution in [-0.4, -0.2) is 19.4 Å². The van der Waals surface area contributed by atoms with Crippen LogP contribution in [0.5, 0.6) is 0 Å². The minimum Gasteiger partial charge on any atom is -0.313 e. The first-order valence-corrected chi connectivity index (χ1v) is 5.91. The second-order valence-electron chi connectivity index (χ2n) is 3.95. The predicted octanol–water partition coefficient (Wildman–Crippen LogP) is 2.63. The number of hydrogen-bond acceptors (Lipinski definition) is 2. The second kappa shape index (κ2) is 7.98. The van der Waals surface area contributed by atoms with Crippen molar-refractivity contribution >= 4 is 5.78 Å². The van der Waals surface area contributed by atoms with Crippen LogP contribution in [0.4, 0.5) is 0 Å². The topological polar surface area (TPSA) is 29.1 Å². The molecule has 0 radical (unpaired) electrons. The maximum absolute atomic E-state index is 11.4. The van der Waals surface area contributed by atoms with Crippen molar-refractivity contribution in [3.63, 3.8) is 0 Å². The van der Waals surface area contributed by atoms with Gasteiger partial charge >= 0.3 is 0 Å². The number of carbonyl (C=O) groups excluding carboxylic acids is 1. The number of rotatable bonds is 3. The Morgan fingerprint density at radius 1 is 1.21 bits per heavy atom. The zero-order valence-electron chi connectivity index (χ0n) is 10.1. The summed E-state index contributed by atoms with van der Waals surface area (Å²) in [7, 11) is 1.84. The average molecular weight is 199 g/mol. The van der Waals surface area contributed by atoms with E-state index in [0.717, 1.165) is 18.8 Å². The molecular formula is C12H25NO. The van der Waals surface area contributed by atoms with Gasteiger partial charge in [0.05, 0.1) is 6.54 Å². The molecule has 0 atom stereocenters. The first kappa shape index (κ1) is 13.6. The van der Waals surface area contributed by atoms with Crippen LogP contribution in [0.1, 0.15) is 46.5 Å². The fourth-order valence-corrected chi connectivity index (χ4v) is 1.90.